The molecule has 2 aliphatic heterocycles. The van der Waals surface area contributed by atoms with Gasteiger partial charge in [0.25, 0.3) is 17.0 Å². The Morgan fingerprint density at radius 1 is 1.14 bits per heavy atom. The standard InChI is InChI=1S/C22H22N4O3/c1-2-25-20-15(5-4-8-23-20)10-17(22(25)29)21(28)24-11-14-9-16(13-24)18-6-3-7-19(27)26(18)12-14/h3-8,10,14,16H,2,9,11-13H2,1H3. The van der Waals surface area contributed by atoms with E-state index in [0.717, 1.165) is 17.5 Å². The quantitative estimate of drug-likeness (QED) is 0.669. The molecule has 7 nitrogen and oxygen atoms in total. The van der Waals surface area contributed by atoms with Gasteiger partial charge in [-0.15, -0.1) is 0 Å². The van der Waals surface area contributed by atoms with Crippen molar-refractivity contribution in [3.63, 3.8) is 0 Å². The molecule has 0 saturated carbocycles. The summed E-state index contributed by atoms with van der Waals surface area (Å²) < 4.78 is 3.40. The monoisotopic (exact) mass is 390 g/mol. The number of likely N-dealkylation sites (tertiary alicyclic amines) is 1. The second kappa shape index (κ2) is 6.69. The topological polar surface area (TPSA) is 77.2 Å². The number of carbonyl (C=O) groups excluding carboxylic acids is 1. The summed E-state index contributed by atoms with van der Waals surface area (Å²) in [5.41, 5.74) is 1.50. The molecule has 1 fully saturated rings. The van der Waals surface area contributed by atoms with E-state index in [4.69, 9.17) is 0 Å². The molecule has 5 rings (SSSR count). The van der Waals surface area contributed by atoms with Crippen LogP contribution < -0.4 is 11.1 Å². The number of fused-ring (bicyclic) bond motifs is 5. The maximum atomic E-state index is 13.4. The van der Waals surface area contributed by atoms with Crippen LogP contribution >= 0.6 is 0 Å². The zero-order valence-electron chi connectivity index (χ0n) is 16.2. The van der Waals surface area contributed by atoms with E-state index >= 15 is 0 Å². The maximum Gasteiger partial charge on any atom is 0.265 e. The number of hydrogen-bond donors (Lipinski definition) is 0. The highest BCUT2D eigenvalue weighted by Crippen LogP contribution is 2.35. The number of carbonyl (C=O) groups is 1. The molecular formula is C22H22N4O3. The number of nitrogens with zero attached hydrogens (tertiary/aromatic N) is 4. The molecule has 2 unspecified atom stereocenters. The van der Waals surface area contributed by atoms with Crippen molar-refractivity contribution >= 4 is 16.9 Å². The molecule has 29 heavy (non-hydrogen) atoms. The molecule has 2 atom stereocenters. The summed E-state index contributed by atoms with van der Waals surface area (Å²) in [6, 6.07) is 10.7. The smallest absolute Gasteiger partial charge is 0.265 e. The van der Waals surface area contributed by atoms with Crippen molar-refractivity contribution in [1.29, 1.82) is 0 Å². The van der Waals surface area contributed by atoms with E-state index in [0.29, 0.717) is 31.8 Å². The van der Waals surface area contributed by atoms with Crippen molar-refractivity contribution in [3.05, 3.63) is 74.6 Å². The molecule has 0 spiro atoms. The highest BCUT2D eigenvalue weighted by Gasteiger charge is 2.37. The second-order valence-corrected chi connectivity index (χ2v) is 7.93. The lowest BCUT2D eigenvalue weighted by atomic mass is 9.83. The van der Waals surface area contributed by atoms with E-state index in [2.05, 4.69) is 4.98 Å². The fraction of sp³-hybridized carbons (Fsp3) is 0.364. The Morgan fingerprint density at radius 2 is 2.00 bits per heavy atom. The minimum absolute atomic E-state index is 0.0184. The minimum Gasteiger partial charge on any atom is -0.337 e. The van der Waals surface area contributed by atoms with Crippen molar-refractivity contribution in [2.24, 2.45) is 5.92 Å². The van der Waals surface area contributed by atoms with Gasteiger partial charge in [-0.05, 0) is 43.5 Å². The first-order valence-corrected chi connectivity index (χ1v) is 10.0. The van der Waals surface area contributed by atoms with Crippen molar-refractivity contribution in [1.82, 2.24) is 19.0 Å². The molecule has 0 radical (unpaired) electrons. The Labute approximate surface area is 167 Å². The third-order valence-electron chi connectivity index (χ3n) is 6.16. The number of hydrogen-bond acceptors (Lipinski definition) is 4. The van der Waals surface area contributed by atoms with E-state index < -0.39 is 0 Å². The third kappa shape index (κ3) is 2.80. The number of pyridine rings is 3. The van der Waals surface area contributed by atoms with Crippen LogP contribution in [-0.4, -0.2) is 38.0 Å². The molecular weight excluding hydrogens is 368 g/mol. The number of aromatic nitrogens is 3. The normalized spacial score (nSPS) is 20.5. The Morgan fingerprint density at radius 3 is 2.83 bits per heavy atom. The largest absolute Gasteiger partial charge is 0.337 e. The lowest BCUT2D eigenvalue weighted by Gasteiger charge is -2.42. The molecule has 0 aliphatic carbocycles. The number of amides is 1. The molecule has 1 amide bonds. The van der Waals surface area contributed by atoms with Crippen molar-refractivity contribution in [2.75, 3.05) is 13.1 Å². The second-order valence-electron chi connectivity index (χ2n) is 7.93. The molecule has 3 aromatic rings. The Bertz CT molecular complexity index is 1240. The van der Waals surface area contributed by atoms with E-state index in [-0.39, 0.29) is 34.4 Å². The van der Waals surface area contributed by atoms with Gasteiger partial charge in [0.15, 0.2) is 0 Å². The molecule has 0 aromatic carbocycles. The van der Waals surface area contributed by atoms with Crippen LogP contribution in [0.2, 0.25) is 0 Å². The first-order valence-electron chi connectivity index (χ1n) is 10.0. The van der Waals surface area contributed by atoms with Gasteiger partial charge in [0.2, 0.25) is 0 Å². The van der Waals surface area contributed by atoms with Gasteiger partial charge in [-0.3, -0.25) is 19.0 Å². The van der Waals surface area contributed by atoms with Crippen molar-refractivity contribution < 1.29 is 4.79 Å². The number of rotatable bonds is 2. The van der Waals surface area contributed by atoms with Crippen LogP contribution in [0.1, 0.15) is 35.3 Å². The van der Waals surface area contributed by atoms with Gasteiger partial charge in [0.1, 0.15) is 11.2 Å². The highest BCUT2D eigenvalue weighted by atomic mass is 16.2. The first-order chi connectivity index (χ1) is 14.1. The van der Waals surface area contributed by atoms with E-state index in [1.807, 2.05) is 23.6 Å². The summed E-state index contributed by atoms with van der Waals surface area (Å²) in [6.45, 7) is 4.04. The van der Waals surface area contributed by atoms with Gasteiger partial charge in [0.05, 0.1) is 0 Å². The molecule has 0 N–H and O–H groups in total. The number of aryl methyl sites for hydroxylation is 1. The van der Waals surface area contributed by atoms with Crippen molar-refractivity contribution in [2.45, 2.75) is 32.4 Å². The van der Waals surface area contributed by atoms with Gasteiger partial charge >= 0.3 is 0 Å². The number of piperidine rings is 1. The van der Waals surface area contributed by atoms with Crippen LogP contribution in [0.25, 0.3) is 11.0 Å². The summed E-state index contributed by atoms with van der Waals surface area (Å²) in [6.07, 6.45) is 2.62. The summed E-state index contributed by atoms with van der Waals surface area (Å²) in [4.78, 5) is 44.7. The van der Waals surface area contributed by atoms with Crippen molar-refractivity contribution in [3.8, 4) is 0 Å². The Hall–Kier alpha value is -3.22. The SMILES string of the molecule is CCn1c(=O)c(C(=O)N2CC3CC(C2)c2cccc(=O)n2C3)cc2cccnc21. The van der Waals surface area contributed by atoms with Gasteiger partial charge in [-0.2, -0.15) is 0 Å². The zero-order chi connectivity index (χ0) is 20.1. The zero-order valence-corrected chi connectivity index (χ0v) is 16.2. The van der Waals surface area contributed by atoms with Crippen LogP contribution in [0, 0.1) is 5.92 Å². The molecule has 5 heterocycles. The maximum absolute atomic E-state index is 13.4. The van der Waals surface area contributed by atoms with Crippen LogP contribution in [0.15, 0.2) is 52.2 Å². The fourth-order valence-corrected chi connectivity index (χ4v) is 4.89. The molecule has 3 aromatic heterocycles. The summed E-state index contributed by atoms with van der Waals surface area (Å²) in [5, 5.41) is 0.784. The molecule has 2 aliphatic rings. The third-order valence-corrected chi connectivity index (χ3v) is 6.16. The summed E-state index contributed by atoms with van der Waals surface area (Å²) in [7, 11) is 0. The van der Waals surface area contributed by atoms with Gasteiger partial charge in [-0.1, -0.05) is 6.07 Å². The van der Waals surface area contributed by atoms with E-state index in [1.54, 1.807) is 39.9 Å². The highest BCUT2D eigenvalue weighted by molar-refractivity contribution is 5.97. The average Bonchev–Trinajstić information content (AvgIpc) is 2.73. The van der Waals surface area contributed by atoms with Gasteiger partial charge in [0, 0.05) is 55.4 Å². The van der Waals surface area contributed by atoms with Crippen LogP contribution in [0.4, 0.5) is 0 Å². The lowest BCUT2D eigenvalue weighted by Crippen LogP contribution is -2.50. The van der Waals surface area contributed by atoms with Gasteiger partial charge < -0.3 is 9.47 Å². The molecule has 1 saturated heterocycles. The van der Waals surface area contributed by atoms with Gasteiger partial charge in [-0.25, -0.2) is 4.98 Å². The summed E-state index contributed by atoms with van der Waals surface area (Å²) >= 11 is 0. The van der Waals surface area contributed by atoms with Crippen LogP contribution in [-0.2, 0) is 13.1 Å². The minimum atomic E-state index is -0.295. The Balaban J connectivity index is 1.54. The Kier molecular flexibility index (Phi) is 4.12. The lowest BCUT2D eigenvalue weighted by molar-refractivity contribution is 0.0592. The van der Waals surface area contributed by atoms with E-state index in [1.165, 1.54) is 0 Å². The summed E-state index contributed by atoms with van der Waals surface area (Å²) in [5.74, 6) is 0.112. The fourth-order valence-electron chi connectivity index (χ4n) is 4.89. The predicted molar refractivity (Wildman–Crippen MR) is 109 cm³/mol. The van der Waals surface area contributed by atoms with Crippen LogP contribution in [0.3, 0.4) is 0 Å². The van der Waals surface area contributed by atoms with E-state index in [9.17, 15) is 14.4 Å². The molecule has 2 bridgehead atoms. The molecule has 148 valence electrons. The predicted octanol–water partition coefficient (Wildman–Crippen LogP) is 1.84. The average molecular weight is 390 g/mol. The molecule has 7 heteroatoms. The van der Waals surface area contributed by atoms with Crippen LogP contribution in [0.5, 0.6) is 0 Å². The first kappa shape index (κ1) is 17.8.